The molecule has 5 aromatic rings. The number of hydrogen-bond donors (Lipinski definition) is 9. The van der Waals surface area contributed by atoms with Crippen molar-refractivity contribution >= 4 is 108 Å². The molecule has 44 heteroatoms. The Balaban J connectivity index is 0.699. The van der Waals surface area contributed by atoms with Crippen molar-refractivity contribution < 1.29 is 123 Å². The number of thiol groups is 2. The molecule has 7 N–H and O–H groups in total. The number of hydrogen-bond acceptors (Lipinski definition) is 31. The molecule has 2 aromatic carbocycles. The fraction of sp³-hybridized carbons (Fsp3) is 0.575. The first-order valence-electron chi connectivity index (χ1n) is 37.9. The van der Waals surface area contributed by atoms with Crippen LogP contribution in [0.1, 0.15) is 87.0 Å². The number of fused-ring (bicyclic) bond motifs is 4. The van der Waals surface area contributed by atoms with Crippen molar-refractivity contribution in [1.29, 1.82) is 0 Å². The Bertz CT molecular complexity index is 4270. The summed E-state index contributed by atoms with van der Waals surface area (Å²) in [6.45, 7) is 0.607. The van der Waals surface area contributed by atoms with Gasteiger partial charge in [-0.1, -0.05) is 68.7 Å². The van der Waals surface area contributed by atoms with E-state index in [1.165, 1.54) is 54.2 Å². The molecule has 2 saturated heterocycles. The van der Waals surface area contributed by atoms with Crippen molar-refractivity contribution in [2.45, 2.75) is 127 Å². The highest BCUT2D eigenvalue weighted by molar-refractivity contribution is 8.44. The van der Waals surface area contributed by atoms with Crippen LogP contribution >= 0.6 is 38.1 Å². The molecule has 12 atom stereocenters. The van der Waals surface area contributed by atoms with Gasteiger partial charge in [-0.25, -0.2) is 28.9 Å². The Labute approximate surface area is 684 Å². The summed E-state index contributed by atoms with van der Waals surface area (Å²) in [6.07, 6.45) is -0.879. The Morgan fingerprint density at radius 1 is 0.709 bits per heavy atom. The van der Waals surface area contributed by atoms with E-state index in [0.29, 0.717) is 109 Å². The Kier molecular flexibility index (Phi) is 37.2. The minimum atomic E-state index is -4.40. The number of amides is 8. The number of H-pyrrole nitrogens is 1. The monoisotopic (exact) mass is 1720 g/mol. The largest absolute Gasteiger partial charge is 0.474 e. The van der Waals surface area contributed by atoms with E-state index in [2.05, 4.69) is 76.0 Å². The lowest BCUT2D eigenvalue weighted by atomic mass is 10.0. The Hall–Kier alpha value is -8.23. The van der Waals surface area contributed by atoms with E-state index in [0.717, 1.165) is 11.2 Å². The number of aromatic amines is 1. The molecule has 6 heterocycles. The lowest BCUT2D eigenvalue weighted by Crippen LogP contribution is -2.57. The summed E-state index contributed by atoms with van der Waals surface area (Å²) in [7, 11) is 3.06. The van der Waals surface area contributed by atoms with Crippen molar-refractivity contribution in [1.82, 2.24) is 55.2 Å². The number of nitrogens with one attached hydrogen (secondary N) is 6. The number of nitrogens with zero attached hydrogens (tertiary/aromatic N) is 7. The smallest absolute Gasteiger partial charge is 0.410 e. The Morgan fingerprint density at radius 3 is 1.97 bits per heavy atom. The fourth-order valence-electron chi connectivity index (χ4n) is 12.3. The topological polar surface area (TPSA) is 485 Å². The van der Waals surface area contributed by atoms with Crippen LogP contribution in [0.4, 0.5) is 16.4 Å². The van der Waals surface area contributed by atoms with Gasteiger partial charge in [0.15, 0.2) is 17.4 Å². The summed E-state index contributed by atoms with van der Waals surface area (Å²) < 4.78 is 113. The molecule has 1 saturated carbocycles. The second kappa shape index (κ2) is 46.9. The molecule has 642 valence electrons. The third-order valence-electron chi connectivity index (χ3n) is 18.4. The standard InChI is InChI=1S/C73H101N13O27P2S2/c1-46(2)61(80-68(93)54(12-8-9-22-85-59(88)17-18-60(85)89)79-57(87)20-23-100-26-27-102-30-31-104-34-35-106-37-36-105-33-32-103-29-28-101-25-24-99-5)69(94)77-47(3)66(91)78-51-15-13-48(14-16-51)41-107-73(96)84(4)40-49-10-6-7-11-53(49)67(92)82-72-81-65-62(70(95)83-72)76-45-86(65)71-64-63(90)56(111-71)43-109-114(97,116)112-55-39-52(110-58-19-21-74-44-75-58)38-50(55)42-108-115(98,117)113-64/h6-7,10-11,13-19,21,44-47,50,52,54-56,61,63-64,71,90H,8-9,12,20,22-43H2,1-5H3,(H,77,94)(H,78,91)(H,79,87)(H,80,93)(H,97,116)(H,98,117)(H2,81,82,83,92,95)/t47-,50+,52+,54-,55-,56+,61-,63+,64+,71+,114+,115?/m0/s1. The van der Waals surface area contributed by atoms with Crippen molar-refractivity contribution in [2.75, 3.05) is 144 Å². The van der Waals surface area contributed by atoms with Gasteiger partial charge in [-0.05, 0) is 67.9 Å². The summed E-state index contributed by atoms with van der Waals surface area (Å²) in [6, 6.07) is 10.7. The summed E-state index contributed by atoms with van der Waals surface area (Å²) in [5.74, 6) is -5.36. The van der Waals surface area contributed by atoms with E-state index in [9.17, 15) is 57.4 Å². The lowest BCUT2D eigenvalue weighted by Gasteiger charge is -2.26. The summed E-state index contributed by atoms with van der Waals surface area (Å²) in [5.41, 5.74) is 0.00493. The molecule has 8 amide bonds. The highest BCUT2D eigenvalue weighted by Gasteiger charge is 2.51. The number of imidazole rings is 1. The van der Waals surface area contributed by atoms with Crippen LogP contribution < -0.4 is 36.9 Å². The number of rotatable bonds is 46. The van der Waals surface area contributed by atoms with Gasteiger partial charge in [0, 0.05) is 81.7 Å². The quantitative estimate of drug-likeness (QED) is 0.0114. The maximum Gasteiger partial charge on any atom is 0.410 e. The van der Waals surface area contributed by atoms with E-state index in [1.54, 1.807) is 69.5 Å². The van der Waals surface area contributed by atoms with Crippen molar-refractivity contribution in [3.8, 4) is 5.88 Å². The summed E-state index contributed by atoms with van der Waals surface area (Å²) >= 11 is 8.45. The van der Waals surface area contributed by atoms with Gasteiger partial charge in [-0.3, -0.25) is 71.7 Å². The van der Waals surface area contributed by atoms with Crippen molar-refractivity contribution in [3.63, 3.8) is 0 Å². The molecule has 3 aliphatic heterocycles. The van der Waals surface area contributed by atoms with Gasteiger partial charge >= 0.3 is 19.7 Å². The van der Waals surface area contributed by atoms with Crippen LogP contribution in [-0.4, -0.2) is 274 Å². The van der Waals surface area contributed by atoms with Gasteiger partial charge in [0.1, 0.15) is 55.5 Å². The zero-order valence-corrected chi connectivity index (χ0v) is 68.9. The molecule has 9 rings (SSSR count). The molecule has 0 spiro atoms. The number of unbranched alkanes of at least 4 members (excludes halogenated alkanes) is 1. The fourth-order valence-corrected chi connectivity index (χ4v) is 15.4. The number of aliphatic hydroxyl groups is 1. The lowest BCUT2D eigenvalue weighted by molar-refractivity contribution is -0.137. The van der Waals surface area contributed by atoms with Crippen LogP contribution in [0.5, 0.6) is 5.88 Å². The van der Waals surface area contributed by atoms with Gasteiger partial charge < -0.3 is 87.9 Å². The van der Waals surface area contributed by atoms with Crippen LogP contribution in [0.15, 0.2) is 90.4 Å². The van der Waals surface area contributed by atoms with Crippen LogP contribution in [0.3, 0.4) is 0 Å². The predicted molar refractivity (Wildman–Crippen MR) is 421 cm³/mol. The van der Waals surface area contributed by atoms with Crippen LogP contribution in [0.2, 0.25) is 0 Å². The van der Waals surface area contributed by atoms with Crippen molar-refractivity contribution in [2.24, 2.45) is 11.8 Å². The average Bonchev–Trinajstić information content (AvgIpc) is 1.61. The first-order chi connectivity index (χ1) is 56.2. The number of ether oxygens (including phenoxy) is 11. The summed E-state index contributed by atoms with van der Waals surface area (Å²) in [5, 5.41) is 25.1. The van der Waals surface area contributed by atoms with Gasteiger partial charge in [-0.15, -0.1) is 0 Å². The van der Waals surface area contributed by atoms with E-state index in [1.807, 2.05) is 0 Å². The van der Waals surface area contributed by atoms with E-state index < -0.39 is 140 Å². The molecule has 1 aliphatic carbocycles. The minimum Gasteiger partial charge on any atom is -0.474 e. The summed E-state index contributed by atoms with van der Waals surface area (Å²) in [4.78, 5) is 142. The molecule has 4 aliphatic rings. The SMILES string of the molecule is COCCOCCOCCOCCOCCOCCOCCOCCC(=O)N[C@@H](CCCCN1C(=O)C=CC1=O)C(=O)N[C@H](C(=O)N[C@@H](C)C(=O)Nc1ccc(COC(=O)N(C)Cc2ccccc2C(=O)Nc2nc3c(ncn3[C@@H]3O[C@@H]4CO[P@@](=O)(S)O[C@H]5C[C@H](Oc6ccncn6)C[C@@H]5COP(=O)(S)O[C@@H]3[C@@H]4O)c(=O)[nH]2)cc1)C(C)C. The number of carbonyl (C=O) groups is 8. The number of imide groups is 1. The van der Waals surface area contributed by atoms with Gasteiger partial charge in [0.05, 0.1) is 125 Å². The third kappa shape index (κ3) is 29.6. The highest BCUT2D eigenvalue weighted by Crippen LogP contribution is 2.60. The zero-order valence-electron chi connectivity index (χ0n) is 65.3. The number of aliphatic hydroxyl groups excluding tert-OH is 1. The number of aromatic nitrogens is 6. The number of benzene rings is 2. The van der Waals surface area contributed by atoms with Gasteiger partial charge in [0.2, 0.25) is 35.5 Å². The molecular formula is C73H101N13O27P2S2. The van der Waals surface area contributed by atoms with Gasteiger partial charge in [-0.2, -0.15) is 4.98 Å². The van der Waals surface area contributed by atoms with E-state index >= 15 is 0 Å². The molecule has 0 radical (unpaired) electrons. The third-order valence-corrected chi connectivity index (χ3v) is 21.7. The number of methoxy groups -OCH3 is 1. The average molecular weight is 1720 g/mol. The van der Waals surface area contributed by atoms with E-state index in [-0.39, 0.29) is 100 Å². The number of carbonyl (C=O) groups excluding carboxylic acids is 8. The zero-order chi connectivity index (χ0) is 83.9. The molecular weight excluding hydrogens is 1620 g/mol. The first kappa shape index (κ1) is 92.6. The minimum absolute atomic E-state index is 0.00280. The van der Waals surface area contributed by atoms with Crippen LogP contribution in [-0.2, 0) is 117 Å². The molecule has 117 heavy (non-hydrogen) atoms. The van der Waals surface area contributed by atoms with Crippen LogP contribution in [0, 0.1) is 11.8 Å². The molecule has 3 fully saturated rings. The van der Waals surface area contributed by atoms with Crippen LogP contribution in [0.25, 0.3) is 11.2 Å². The second-order valence-electron chi connectivity index (χ2n) is 27.5. The number of anilines is 2. The molecule has 2 bridgehead atoms. The molecule has 40 nitrogen and oxygen atoms in total. The van der Waals surface area contributed by atoms with Crippen molar-refractivity contribution in [3.05, 3.63) is 113 Å². The highest BCUT2D eigenvalue weighted by atomic mass is 32.7. The first-order valence-corrected chi connectivity index (χ1v) is 43.3. The maximum atomic E-state index is 14.1. The molecule has 1 unspecified atom stereocenters. The van der Waals surface area contributed by atoms with E-state index in [4.69, 9.17) is 70.2 Å². The molecule has 3 aromatic heterocycles. The van der Waals surface area contributed by atoms with Gasteiger partial charge in [0.25, 0.3) is 23.3 Å². The second-order valence-corrected chi connectivity index (χ2v) is 33.3. The predicted octanol–water partition coefficient (Wildman–Crippen LogP) is 4.26. The Morgan fingerprint density at radius 2 is 1.33 bits per heavy atom. The maximum absolute atomic E-state index is 14.1. The normalized spacial score (nSPS) is 22.1.